The second-order valence-corrected chi connectivity index (χ2v) is 9.50. The average Bonchev–Trinajstić information content (AvgIpc) is 2.94. The fourth-order valence-electron chi connectivity index (χ4n) is 4.16. The SMILES string of the molecule is C[C@@H]1/C=C\C(=O)[C@@H](O)[C@@H](O)C/C=C/c2cc(N=C(c3ccccc3)c3ccccc3)cc(O)c2C(=O)O[C@H]1C. The van der Waals surface area contributed by atoms with Crippen molar-refractivity contribution in [1.82, 2.24) is 0 Å². The summed E-state index contributed by atoms with van der Waals surface area (Å²) in [5.74, 6) is -2.04. The van der Waals surface area contributed by atoms with Crippen molar-refractivity contribution in [2.45, 2.75) is 38.6 Å². The molecule has 0 unspecified atom stereocenters. The van der Waals surface area contributed by atoms with Crippen molar-refractivity contribution in [1.29, 1.82) is 0 Å². The van der Waals surface area contributed by atoms with Crippen molar-refractivity contribution in [2.24, 2.45) is 10.9 Å². The number of carbonyl (C=O) groups excluding carboxylic acids is 2. The van der Waals surface area contributed by atoms with Gasteiger partial charge in [-0.2, -0.15) is 0 Å². The number of ether oxygens (including phenoxy) is 1. The van der Waals surface area contributed by atoms with Crippen LogP contribution in [0, 0.1) is 5.92 Å². The molecule has 3 N–H and O–H groups in total. The number of phenols is 1. The summed E-state index contributed by atoms with van der Waals surface area (Å²) in [6.45, 7) is 3.43. The van der Waals surface area contributed by atoms with Crippen LogP contribution in [0.4, 0.5) is 5.69 Å². The van der Waals surface area contributed by atoms with E-state index in [1.54, 1.807) is 19.9 Å². The van der Waals surface area contributed by atoms with E-state index < -0.39 is 30.1 Å². The van der Waals surface area contributed by atoms with Crippen LogP contribution >= 0.6 is 0 Å². The number of carbonyl (C=O) groups is 2. The number of cyclic esters (lactones) is 1. The average molecular weight is 526 g/mol. The molecule has 4 atom stereocenters. The molecule has 3 aromatic rings. The second kappa shape index (κ2) is 12.5. The van der Waals surface area contributed by atoms with E-state index >= 15 is 0 Å². The standard InChI is InChI=1S/C32H31NO6/c1-20-16-17-27(35)31(37)26(34)15-9-14-24-18-25(19-28(36)29(24)32(38)39-21(20)2)33-30(22-10-5-3-6-11-22)23-12-7-4-8-13-23/h3-14,16-21,26,31,34,36-37H,15H2,1-2H3/b14-9+,17-16-/t20-,21+,26+,31+/m1/s1. The molecule has 7 nitrogen and oxygen atoms in total. The van der Waals surface area contributed by atoms with Gasteiger partial charge in [0.15, 0.2) is 5.78 Å². The highest BCUT2D eigenvalue weighted by Crippen LogP contribution is 2.32. The lowest BCUT2D eigenvalue weighted by Crippen LogP contribution is -2.32. The molecule has 1 aliphatic heterocycles. The lowest BCUT2D eigenvalue weighted by molar-refractivity contribution is -0.127. The quantitative estimate of drug-likeness (QED) is 0.327. The lowest BCUT2D eigenvalue weighted by Gasteiger charge is -2.20. The Morgan fingerprint density at radius 2 is 1.51 bits per heavy atom. The van der Waals surface area contributed by atoms with E-state index in [1.807, 2.05) is 60.7 Å². The van der Waals surface area contributed by atoms with Crippen LogP contribution in [0.5, 0.6) is 5.75 Å². The smallest absolute Gasteiger partial charge is 0.342 e. The summed E-state index contributed by atoms with van der Waals surface area (Å²) >= 11 is 0. The van der Waals surface area contributed by atoms with Gasteiger partial charge >= 0.3 is 5.97 Å². The zero-order valence-corrected chi connectivity index (χ0v) is 21.8. The van der Waals surface area contributed by atoms with Crippen molar-refractivity contribution < 1.29 is 29.6 Å². The van der Waals surface area contributed by atoms with Gasteiger partial charge in [0, 0.05) is 23.1 Å². The Balaban J connectivity index is 1.82. The van der Waals surface area contributed by atoms with Gasteiger partial charge in [0.2, 0.25) is 0 Å². The molecule has 0 aliphatic carbocycles. The first-order valence-corrected chi connectivity index (χ1v) is 12.8. The van der Waals surface area contributed by atoms with E-state index in [0.29, 0.717) is 17.0 Å². The van der Waals surface area contributed by atoms with E-state index in [2.05, 4.69) is 0 Å². The molecular formula is C32H31NO6. The summed E-state index contributed by atoms with van der Waals surface area (Å²) in [7, 11) is 0. The minimum atomic E-state index is -1.60. The fourth-order valence-corrected chi connectivity index (χ4v) is 4.16. The number of rotatable bonds is 3. The number of ketones is 1. The van der Waals surface area contributed by atoms with Crippen LogP contribution in [-0.4, -0.2) is 51.1 Å². The molecule has 39 heavy (non-hydrogen) atoms. The fraction of sp³-hybridized carbons (Fsp3) is 0.219. The number of hydrogen-bond donors (Lipinski definition) is 3. The van der Waals surface area contributed by atoms with Crippen LogP contribution in [0.15, 0.2) is 96.0 Å². The zero-order chi connectivity index (χ0) is 27.9. The first kappa shape index (κ1) is 27.7. The van der Waals surface area contributed by atoms with Crippen LogP contribution < -0.4 is 0 Å². The molecule has 0 amide bonds. The van der Waals surface area contributed by atoms with Crippen LogP contribution in [0.3, 0.4) is 0 Å². The van der Waals surface area contributed by atoms with Crippen LogP contribution in [0.25, 0.3) is 6.08 Å². The Bertz CT molecular complexity index is 1370. The van der Waals surface area contributed by atoms with Gasteiger partial charge in [0.1, 0.15) is 23.5 Å². The highest BCUT2D eigenvalue weighted by Gasteiger charge is 2.25. The number of phenolic OH excluding ortho intramolecular Hbond substituents is 1. The highest BCUT2D eigenvalue weighted by atomic mass is 16.5. The van der Waals surface area contributed by atoms with E-state index in [4.69, 9.17) is 9.73 Å². The third-order valence-electron chi connectivity index (χ3n) is 6.60. The molecule has 4 rings (SSSR count). The number of hydrogen-bond acceptors (Lipinski definition) is 7. The molecule has 1 heterocycles. The van der Waals surface area contributed by atoms with E-state index in [9.17, 15) is 24.9 Å². The second-order valence-electron chi connectivity index (χ2n) is 9.50. The molecule has 0 radical (unpaired) electrons. The van der Waals surface area contributed by atoms with Crippen LogP contribution in [0.1, 0.15) is 47.3 Å². The van der Waals surface area contributed by atoms with Crippen LogP contribution in [0.2, 0.25) is 0 Å². The third-order valence-corrected chi connectivity index (χ3v) is 6.60. The zero-order valence-electron chi connectivity index (χ0n) is 21.8. The summed E-state index contributed by atoms with van der Waals surface area (Å²) in [6.07, 6.45) is 2.13. The number of aromatic hydroxyl groups is 1. The van der Waals surface area contributed by atoms with Crippen molar-refractivity contribution >= 4 is 29.2 Å². The van der Waals surface area contributed by atoms with Gasteiger partial charge in [-0.3, -0.25) is 4.79 Å². The van der Waals surface area contributed by atoms with E-state index in [-0.39, 0.29) is 23.7 Å². The number of benzene rings is 3. The van der Waals surface area contributed by atoms with Gasteiger partial charge in [0.05, 0.1) is 17.5 Å². The maximum absolute atomic E-state index is 13.2. The highest BCUT2D eigenvalue weighted by molar-refractivity contribution is 6.14. The molecular weight excluding hydrogens is 494 g/mol. The van der Waals surface area contributed by atoms with Crippen molar-refractivity contribution in [3.05, 3.63) is 113 Å². The first-order chi connectivity index (χ1) is 18.7. The largest absolute Gasteiger partial charge is 0.507 e. The number of aliphatic hydroxyl groups is 2. The predicted molar refractivity (Wildman–Crippen MR) is 150 cm³/mol. The Morgan fingerprint density at radius 3 is 2.13 bits per heavy atom. The van der Waals surface area contributed by atoms with Gasteiger partial charge in [-0.05, 0) is 31.1 Å². The van der Waals surface area contributed by atoms with Gasteiger partial charge in [-0.1, -0.05) is 85.8 Å². The summed E-state index contributed by atoms with van der Waals surface area (Å²) < 4.78 is 5.61. The third kappa shape index (κ3) is 6.76. The van der Waals surface area contributed by atoms with E-state index in [1.165, 1.54) is 30.4 Å². The summed E-state index contributed by atoms with van der Waals surface area (Å²) in [6, 6.07) is 22.3. The summed E-state index contributed by atoms with van der Waals surface area (Å²) in [5, 5.41) is 31.6. The minimum Gasteiger partial charge on any atom is -0.507 e. The molecule has 3 aromatic carbocycles. The predicted octanol–water partition coefficient (Wildman–Crippen LogP) is 5.01. The number of fused-ring (bicyclic) bond motifs is 1. The Hall–Kier alpha value is -4.33. The van der Waals surface area contributed by atoms with Gasteiger partial charge in [0.25, 0.3) is 0 Å². The molecule has 1 aliphatic rings. The monoisotopic (exact) mass is 525 g/mol. The lowest BCUT2D eigenvalue weighted by atomic mass is 9.99. The maximum Gasteiger partial charge on any atom is 0.342 e. The summed E-state index contributed by atoms with van der Waals surface area (Å²) in [5.41, 5.74) is 3.09. The molecule has 0 aromatic heterocycles. The summed E-state index contributed by atoms with van der Waals surface area (Å²) in [4.78, 5) is 30.3. The van der Waals surface area contributed by atoms with Crippen LogP contribution in [-0.2, 0) is 9.53 Å². The minimum absolute atomic E-state index is 0.0441. The number of nitrogens with zero attached hydrogens (tertiary/aromatic N) is 1. The number of aliphatic imine (C=N–C) groups is 1. The molecule has 0 saturated heterocycles. The number of esters is 1. The number of aliphatic hydroxyl groups excluding tert-OH is 2. The molecule has 0 bridgehead atoms. The molecule has 0 saturated carbocycles. The Kier molecular flexibility index (Phi) is 8.86. The first-order valence-electron chi connectivity index (χ1n) is 12.8. The molecule has 200 valence electrons. The van der Waals surface area contributed by atoms with E-state index in [0.717, 1.165) is 11.1 Å². The molecule has 0 fully saturated rings. The Morgan fingerprint density at radius 1 is 0.897 bits per heavy atom. The van der Waals surface area contributed by atoms with Gasteiger partial charge in [-0.25, -0.2) is 9.79 Å². The molecule has 7 heteroatoms. The normalized spacial score (nSPS) is 23.6. The maximum atomic E-state index is 13.2. The topological polar surface area (TPSA) is 116 Å². The van der Waals surface area contributed by atoms with Gasteiger partial charge in [-0.15, -0.1) is 0 Å². The van der Waals surface area contributed by atoms with Gasteiger partial charge < -0.3 is 20.1 Å². The van der Waals surface area contributed by atoms with Crippen molar-refractivity contribution in [2.75, 3.05) is 0 Å². The van der Waals surface area contributed by atoms with Crippen molar-refractivity contribution in [3.8, 4) is 5.75 Å². The molecule has 0 spiro atoms. The Labute approximate surface area is 227 Å². The van der Waals surface area contributed by atoms with Crippen molar-refractivity contribution in [3.63, 3.8) is 0 Å².